The maximum atomic E-state index is 13.9. The van der Waals surface area contributed by atoms with Crippen molar-refractivity contribution in [3.05, 3.63) is 40.3 Å². The minimum atomic E-state index is -1.39. The SMILES string of the molecule is CCC[C@H]1C[C@@H](n2c(=O)c(/C(=N/OCCO)C(=O)O)nc3ccccc32)CCN1C1C[C@H]2CCCC[C@@H](C1)C2. The van der Waals surface area contributed by atoms with E-state index in [0.29, 0.717) is 23.1 Å². The molecule has 1 saturated heterocycles. The van der Waals surface area contributed by atoms with Crippen molar-refractivity contribution in [3.8, 4) is 0 Å². The average Bonchev–Trinajstić information content (AvgIpc) is 3.10. The van der Waals surface area contributed by atoms with Gasteiger partial charge in [0.2, 0.25) is 5.71 Å². The molecule has 5 rings (SSSR count). The molecular formula is C30H42N4O5. The number of carboxylic acid groups (broad SMARTS) is 1. The van der Waals surface area contributed by atoms with Crippen LogP contribution in [-0.2, 0) is 9.63 Å². The van der Waals surface area contributed by atoms with Crippen molar-refractivity contribution < 1.29 is 19.8 Å². The minimum Gasteiger partial charge on any atom is -0.476 e. The van der Waals surface area contributed by atoms with E-state index in [4.69, 9.17) is 9.94 Å². The summed E-state index contributed by atoms with van der Waals surface area (Å²) in [7, 11) is 0. The highest BCUT2D eigenvalue weighted by Gasteiger charge is 2.39. The fourth-order valence-corrected chi connectivity index (χ4v) is 7.52. The van der Waals surface area contributed by atoms with Gasteiger partial charge in [-0.3, -0.25) is 9.69 Å². The number of oxime groups is 1. The van der Waals surface area contributed by atoms with E-state index < -0.39 is 17.2 Å². The molecule has 3 aliphatic rings. The zero-order chi connectivity index (χ0) is 27.4. The molecule has 0 spiro atoms. The Balaban J connectivity index is 1.48. The first-order valence-corrected chi connectivity index (χ1v) is 14.8. The predicted molar refractivity (Wildman–Crippen MR) is 150 cm³/mol. The number of aromatic nitrogens is 2. The number of fused-ring (bicyclic) bond motifs is 3. The Morgan fingerprint density at radius 3 is 2.51 bits per heavy atom. The number of hydrogen-bond acceptors (Lipinski definition) is 7. The van der Waals surface area contributed by atoms with E-state index in [0.717, 1.165) is 44.1 Å². The highest BCUT2D eigenvalue weighted by atomic mass is 16.6. The van der Waals surface area contributed by atoms with Crippen molar-refractivity contribution >= 4 is 22.7 Å². The number of para-hydroxylation sites is 2. The summed E-state index contributed by atoms with van der Waals surface area (Å²) in [5.41, 5.74) is 0.0313. The zero-order valence-corrected chi connectivity index (χ0v) is 23.0. The van der Waals surface area contributed by atoms with Gasteiger partial charge in [-0.25, -0.2) is 9.78 Å². The van der Waals surface area contributed by atoms with Crippen LogP contribution in [0.3, 0.4) is 0 Å². The van der Waals surface area contributed by atoms with E-state index in [1.165, 1.54) is 44.9 Å². The third kappa shape index (κ3) is 6.04. The summed E-state index contributed by atoms with van der Waals surface area (Å²) in [6, 6.07) is 8.36. The summed E-state index contributed by atoms with van der Waals surface area (Å²) in [5.74, 6) is 0.316. The molecular weight excluding hydrogens is 496 g/mol. The molecule has 9 heteroatoms. The second-order valence-corrected chi connectivity index (χ2v) is 11.7. The molecule has 0 amide bonds. The predicted octanol–water partition coefficient (Wildman–Crippen LogP) is 4.36. The third-order valence-electron chi connectivity index (χ3n) is 9.10. The molecule has 2 aromatic rings. The van der Waals surface area contributed by atoms with Gasteiger partial charge in [-0.1, -0.05) is 56.3 Å². The van der Waals surface area contributed by atoms with Gasteiger partial charge in [0.25, 0.3) is 5.56 Å². The van der Waals surface area contributed by atoms with Crippen LogP contribution in [0.15, 0.2) is 34.2 Å². The van der Waals surface area contributed by atoms with Crippen LogP contribution < -0.4 is 5.56 Å². The van der Waals surface area contributed by atoms with Gasteiger partial charge in [0, 0.05) is 24.7 Å². The van der Waals surface area contributed by atoms with E-state index in [1.54, 1.807) is 10.6 Å². The van der Waals surface area contributed by atoms with Gasteiger partial charge >= 0.3 is 5.97 Å². The maximum absolute atomic E-state index is 13.9. The smallest absolute Gasteiger partial charge is 0.360 e. The summed E-state index contributed by atoms with van der Waals surface area (Å²) in [6.07, 6.45) is 13.4. The number of rotatable bonds is 9. The van der Waals surface area contributed by atoms with Crippen molar-refractivity contribution in [2.24, 2.45) is 17.0 Å². The number of nitrogens with zero attached hydrogens (tertiary/aromatic N) is 4. The number of likely N-dealkylation sites (tertiary alicyclic amines) is 1. The van der Waals surface area contributed by atoms with Gasteiger partial charge in [0.15, 0.2) is 5.69 Å². The van der Waals surface area contributed by atoms with Crippen LogP contribution >= 0.6 is 0 Å². The molecule has 39 heavy (non-hydrogen) atoms. The topological polar surface area (TPSA) is 117 Å². The van der Waals surface area contributed by atoms with Crippen LogP contribution in [0.2, 0.25) is 0 Å². The normalized spacial score (nSPS) is 28.3. The van der Waals surface area contributed by atoms with E-state index in [-0.39, 0.29) is 24.9 Å². The van der Waals surface area contributed by atoms with E-state index in [1.807, 2.05) is 18.2 Å². The lowest BCUT2D eigenvalue weighted by atomic mass is 9.76. The van der Waals surface area contributed by atoms with Gasteiger partial charge in [-0.05, 0) is 62.5 Å². The van der Waals surface area contributed by atoms with Crippen LogP contribution in [0, 0.1) is 11.8 Å². The Kier molecular flexibility index (Phi) is 8.97. The first kappa shape index (κ1) is 27.8. The first-order chi connectivity index (χ1) is 19.0. The summed E-state index contributed by atoms with van der Waals surface area (Å²) in [6.45, 7) is 2.69. The molecule has 1 unspecified atom stereocenters. The molecule has 1 aromatic carbocycles. The van der Waals surface area contributed by atoms with Gasteiger partial charge in [0.05, 0.1) is 17.6 Å². The Morgan fingerprint density at radius 1 is 1.08 bits per heavy atom. The molecule has 2 saturated carbocycles. The molecule has 212 valence electrons. The van der Waals surface area contributed by atoms with Crippen LogP contribution in [-0.4, -0.2) is 68.2 Å². The van der Waals surface area contributed by atoms with Gasteiger partial charge in [-0.15, -0.1) is 0 Å². The van der Waals surface area contributed by atoms with Crippen molar-refractivity contribution in [2.75, 3.05) is 19.8 Å². The van der Waals surface area contributed by atoms with E-state index in [2.05, 4.69) is 22.0 Å². The van der Waals surface area contributed by atoms with Crippen molar-refractivity contribution in [1.82, 2.24) is 14.5 Å². The van der Waals surface area contributed by atoms with Crippen LogP contribution in [0.25, 0.3) is 11.0 Å². The standard InChI is InChI=1S/C30H42N4O5/c1-2-7-22-19-23(12-13-33(22)24-17-20-8-3-4-9-21(16-20)18-24)34-26-11-6-5-10-25(26)31-27(29(34)36)28(30(37)38)32-39-15-14-35/h5-6,10-11,20-24,35H,2-4,7-9,12-19H2,1H3,(H,37,38)/b32-28-/t20-,21+,22-,23-,24?/m0/s1. The van der Waals surface area contributed by atoms with Crippen LogP contribution in [0.4, 0.5) is 0 Å². The van der Waals surface area contributed by atoms with Gasteiger partial charge in [0.1, 0.15) is 6.61 Å². The lowest BCUT2D eigenvalue weighted by Crippen LogP contribution is -2.51. The molecule has 2 aliphatic carbocycles. The second-order valence-electron chi connectivity index (χ2n) is 11.7. The van der Waals surface area contributed by atoms with E-state index in [9.17, 15) is 14.7 Å². The minimum absolute atomic E-state index is 0.0591. The fourth-order valence-electron chi connectivity index (χ4n) is 7.52. The Bertz CT molecular complexity index is 1230. The molecule has 2 heterocycles. The number of aliphatic hydroxyl groups is 1. The number of carbonyl (C=O) groups is 1. The molecule has 5 atom stereocenters. The first-order valence-electron chi connectivity index (χ1n) is 14.8. The number of aliphatic carboxylic acids is 1. The Labute approximate surface area is 229 Å². The van der Waals surface area contributed by atoms with Gasteiger partial charge < -0.3 is 19.6 Å². The van der Waals surface area contributed by atoms with Crippen molar-refractivity contribution in [2.45, 2.75) is 95.7 Å². The Morgan fingerprint density at radius 2 is 1.82 bits per heavy atom. The van der Waals surface area contributed by atoms with Crippen LogP contribution in [0.5, 0.6) is 0 Å². The summed E-state index contributed by atoms with van der Waals surface area (Å²) < 4.78 is 1.77. The fraction of sp³-hybridized carbons (Fsp3) is 0.667. The lowest BCUT2D eigenvalue weighted by molar-refractivity contribution is -0.129. The number of carboxylic acids is 1. The van der Waals surface area contributed by atoms with Crippen molar-refractivity contribution in [1.29, 1.82) is 0 Å². The monoisotopic (exact) mass is 538 g/mol. The molecule has 2 bridgehead atoms. The summed E-state index contributed by atoms with van der Waals surface area (Å²) >= 11 is 0. The maximum Gasteiger partial charge on any atom is 0.360 e. The summed E-state index contributed by atoms with van der Waals surface area (Å²) in [5, 5.41) is 22.5. The molecule has 3 fully saturated rings. The number of piperidine rings is 1. The zero-order valence-electron chi connectivity index (χ0n) is 23.0. The lowest BCUT2D eigenvalue weighted by Gasteiger charge is -2.48. The average molecular weight is 539 g/mol. The van der Waals surface area contributed by atoms with Crippen molar-refractivity contribution in [3.63, 3.8) is 0 Å². The Hall–Kier alpha value is -2.78. The third-order valence-corrected chi connectivity index (χ3v) is 9.10. The molecule has 1 aliphatic heterocycles. The molecule has 0 radical (unpaired) electrons. The molecule has 2 N–H and O–H groups in total. The molecule has 9 nitrogen and oxygen atoms in total. The van der Waals surface area contributed by atoms with E-state index >= 15 is 0 Å². The van der Waals surface area contributed by atoms with Crippen LogP contribution in [0.1, 0.15) is 89.3 Å². The number of hydrogen-bond donors (Lipinski definition) is 2. The van der Waals surface area contributed by atoms with Gasteiger partial charge in [-0.2, -0.15) is 0 Å². The quantitative estimate of drug-likeness (QED) is 0.277. The number of aliphatic hydroxyl groups excluding tert-OH is 1. The highest BCUT2D eigenvalue weighted by molar-refractivity contribution is 6.41. The largest absolute Gasteiger partial charge is 0.476 e. The second kappa shape index (κ2) is 12.6. The summed E-state index contributed by atoms with van der Waals surface area (Å²) in [4.78, 5) is 38.1. The number of benzene rings is 1. The molecule has 1 aromatic heterocycles. The highest BCUT2D eigenvalue weighted by Crippen LogP contribution is 2.43.